The molecule has 1 aromatic carbocycles. The lowest BCUT2D eigenvalue weighted by Crippen LogP contribution is -2.43. The minimum absolute atomic E-state index is 0.0709. The number of aromatic amines is 1. The summed E-state index contributed by atoms with van der Waals surface area (Å²) >= 11 is 0. The molecule has 11 nitrogen and oxygen atoms in total. The molecule has 0 aliphatic carbocycles. The minimum Gasteiger partial charge on any atom is -0.481 e. The number of nitrogens with zero attached hydrogens (tertiary/aromatic N) is 3. The average Bonchev–Trinajstić information content (AvgIpc) is 3.31. The first-order valence-corrected chi connectivity index (χ1v) is 9.14. The molecule has 3 aromatic rings. The number of H-pyrrole nitrogens is 1. The molecule has 0 aliphatic rings. The third kappa shape index (κ3) is 5.47. The van der Waals surface area contributed by atoms with Crippen molar-refractivity contribution in [3.05, 3.63) is 54.1 Å². The molecule has 0 spiro atoms. The number of rotatable bonds is 9. The highest BCUT2D eigenvalue weighted by molar-refractivity contribution is 5.99. The van der Waals surface area contributed by atoms with Crippen molar-refractivity contribution in [1.82, 2.24) is 25.3 Å². The van der Waals surface area contributed by atoms with Gasteiger partial charge in [-0.3, -0.25) is 4.79 Å². The number of ether oxygens (including phenoxy) is 4. The Bertz CT molecular complexity index is 1020. The van der Waals surface area contributed by atoms with Gasteiger partial charge >= 0.3 is 12.0 Å². The van der Waals surface area contributed by atoms with Gasteiger partial charge in [0.2, 0.25) is 11.8 Å². The molecule has 162 valence electrons. The lowest BCUT2D eigenvalue weighted by Gasteiger charge is -2.17. The van der Waals surface area contributed by atoms with Crippen molar-refractivity contribution in [1.29, 1.82) is 0 Å². The molecule has 3 rings (SSSR count). The lowest BCUT2D eigenvalue weighted by atomic mass is 10.1. The highest BCUT2D eigenvalue weighted by Gasteiger charge is 2.25. The SMILES string of the molecule is COC(=O)C(Cc1cnc[nH]1)NC(=O)c1ccccc1Oc1nc(OC)cc(OC)n1. The summed E-state index contributed by atoms with van der Waals surface area (Å²) in [4.78, 5) is 40.1. The van der Waals surface area contributed by atoms with Crippen molar-refractivity contribution >= 4 is 11.9 Å². The monoisotopic (exact) mass is 427 g/mol. The number of carbonyl (C=O) groups excluding carboxylic acids is 2. The third-order valence-corrected chi connectivity index (χ3v) is 4.18. The second-order valence-corrected chi connectivity index (χ2v) is 6.16. The molecule has 11 heteroatoms. The van der Waals surface area contributed by atoms with Crippen LogP contribution in [0.25, 0.3) is 0 Å². The van der Waals surface area contributed by atoms with E-state index >= 15 is 0 Å². The van der Waals surface area contributed by atoms with E-state index < -0.39 is 17.9 Å². The van der Waals surface area contributed by atoms with Gasteiger partial charge in [0, 0.05) is 18.3 Å². The molecule has 0 fully saturated rings. The van der Waals surface area contributed by atoms with E-state index in [2.05, 4.69) is 25.3 Å². The van der Waals surface area contributed by atoms with Gasteiger partial charge in [0.15, 0.2) is 0 Å². The molecule has 2 heterocycles. The smallest absolute Gasteiger partial charge is 0.328 e. The fraction of sp³-hybridized carbons (Fsp3) is 0.250. The summed E-state index contributed by atoms with van der Waals surface area (Å²) in [5.74, 6) is -0.494. The molecule has 0 aliphatic heterocycles. The number of hydrogen-bond donors (Lipinski definition) is 2. The number of aromatic nitrogens is 4. The molecule has 1 amide bonds. The molecule has 2 aromatic heterocycles. The molecule has 2 N–H and O–H groups in total. The summed E-state index contributed by atoms with van der Waals surface area (Å²) < 4.78 is 20.7. The van der Waals surface area contributed by atoms with Crippen LogP contribution in [0.4, 0.5) is 0 Å². The van der Waals surface area contributed by atoms with E-state index in [0.29, 0.717) is 5.69 Å². The van der Waals surface area contributed by atoms with Crippen molar-refractivity contribution < 1.29 is 28.5 Å². The normalized spacial score (nSPS) is 11.3. The maximum atomic E-state index is 12.9. The summed E-state index contributed by atoms with van der Waals surface area (Å²) in [6, 6.07) is 6.96. The zero-order valence-corrected chi connectivity index (χ0v) is 17.1. The van der Waals surface area contributed by atoms with Gasteiger partial charge in [-0.05, 0) is 12.1 Å². The average molecular weight is 427 g/mol. The van der Waals surface area contributed by atoms with E-state index in [9.17, 15) is 9.59 Å². The predicted molar refractivity (Wildman–Crippen MR) is 107 cm³/mol. The summed E-state index contributed by atoms with van der Waals surface area (Å²) in [5, 5.41) is 2.66. The van der Waals surface area contributed by atoms with E-state index in [4.69, 9.17) is 18.9 Å². The van der Waals surface area contributed by atoms with Crippen LogP contribution in [0.2, 0.25) is 0 Å². The first-order chi connectivity index (χ1) is 15.0. The Morgan fingerprint density at radius 3 is 2.42 bits per heavy atom. The first-order valence-electron chi connectivity index (χ1n) is 9.14. The first kappa shape index (κ1) is 21.6. The number of benzene rings is 1. The van der Waals surface area contributed by atoms with E-state index in [0.717, 1.165) is 0 Å². The summed E-state index contributed by atoms with van der Waals surface area (Å²) in [6.07, 6.45) is 3.22. The zero-order valence-electron chi connectivity index (χ0n) is 17.1. The van der Waals surface area contributed by atoms with Gasteiger partial charge in [0.1, 0.15) is 11.8 Å². The largest absolute Gasteiger partial charge is 0.481 e. The maximum Gasteiger partial charge on any atom is 0.328 e. The molecule has 0 radical (unpaired) electrons. The van der Waals surface area contributed by atoms with Gasteiger partial charge in [-0.2, -0.15) is 9.97 Å². The predicted octanol–water partition coefficient (Wildman–Crippen LogP) is 1.52. The highest BCUT2D eigenvalue weighted by atomic mass is 16.5. The number of nitrogens with one attached hydrogen (secondary N) is 2. The van der Waals surface area contributed by atoms with Crippen LogP contribution < -0.4 is 19.5 Å². The Morgan fingerprint density at radius 2 is 1.81 bits per heavy atom. The second kappa shape index (κ2) is 10.1. The number of hydrogen-bond acceptors (Lipinski definition) is 9. The molecule has 0 saturated carbocycles. The number of carbonyl (C=O) groups is 2. The van der Waals surface area contributed by atoms with Gasteiger partial charge < -0.3 is 29.2 Å². The summed E-state index contributed by atoms with van der Waals surface area (Å²) in [6.45, 7) is 0. The quantitative estimate of drug-likeness (QED) is 0.487. The third-order valence-electron chi connectivity index (χ3n) is 4.18. The number of esters is 1. The minimum atomic E-state index is -0.931. The van der Waals surface area contributed by atoms with Crippen LogP contribution in [0, 0.1) is 0 Å². The Morgan fingerprint density at radius 1 is 1.10 bits per heavy atom. The number of imidazole rings is 1. The van der Waals surface area contributed by atoms with Crippen molar-refractivity contribution in [2.75, 3.05) is 21.3 Å². The molecule has 1 atom stereocenters. The molecule has 1 unspecified atom stereocenters. The van der Waals surface area contributed by atoms with Crippen molar-refractivity contribution in [3.63, 3.8) is 0 Å². The number of amides is 1. The van der Waals surface area contributed by atoms with Crippen LogP contribution >= 0.6 is 0 Å². The number of para-hydroxylation sites is 1. The maximum absolute atomic E-state index is 12.9. The molecular formula is C20H21N5O6. The van der Waals surface area contributed by atoms with Crippen LogP contribution in [0.3, 0.4) is 0 Å². The van der Waals surface area contributed by atoms with Crippen LogP contribution in [0.1, 0.15) is 16.1 Å². The molecule has 31 heavy (non-hydrogen) atoms. The van der Waals surface area contributed by atoms with Crippen molar-refractivity contribution in [2.45, 2.75) is 12.5 Å². The van der Waals surface area contributed by atoms with Crippen molar-refractivity contribution in [3.8, 4) is 23.5 Å². The van der Waals surface area contributed by atoms with E-state index in [-0.39, 0.29) is 35.5 Å². The summed E-state index contributed by atoms with van der Waals surface area (Å²) in [7, 11) is 4.14. The van der Waals surface area contributed by atoms with Gasteiger partial charge in [-0.25, -0.2) is 9.78 Å². The lowest BCUT2D eigenvalue weighted by molar-refractivity contribution is -0.142. The summed E-state index contributed by atoms with van der Waals surface area (Å²) in [5.41, 5.74) is 0.837. The van der Waals surface area contributed by atoms with Crippen LogP contribution in [-0.4, -0.2) is 59.2 Å². The van der Waals surface area contributed by atoms with E-state index in [1.54, 1.807) is 30.5 Å². The highest BCUT2D eigenvalue weighted by Crippen LogP contribution is 2.26. The molecule has 0 saturated heterocycles. The Kier molecular flexibility index (Phi) is 6.99. The fourth-order valence-corrected chi connectivity index (χ4v) is 2.67. The second-order valence-electron chi connectivity index (χ2n) is 6.16. The Labute approximate surface area is 177 Å². The zero-order chi connectivity index (χ0) is 22.2. The van der Waals surface area contributed by atoms with Gasteiger partial charge in [0.25, 0.3) is 5.91 Å². The van der Waals surface area contributed by atoms with Crippen LogP contribution in [-0.2, 0) is 16.0 Å². The number of methoxy groups -OCH3 is 3. The molecule has 0 bridgehead atoms. The van der Waals surface area contributed by atoms with Crippen LogP contribution in [0.5, 0.6) is 23.5 Å². The van der Waals surface area contributed by atoms with E-state index in [1.165, 1.54) is 33.7 Å². The van der Waals surface area contributed by atoms with Crippen molar-refractivity contribution in [2.24, 2.45) is 0 Å². The van der Waals surface area contributed by atoms with Gasteiger partial charge in [-0.1, -0.05) is 12.1 Å². The fourth-order valence-electron chi connectivity index (χ4n) is 2.67. The standard InChI is InChI=1S/C20H21N5O6/c1-28-16-9-17(29-2)25-20(24-16)31-15-7-5-4-6-13(15)18(26)23-14(19(27)30-3)8-12-10-21-11-22-12/h4-7,9-11,14H,8H2,1-3H3,(H,21,22)(H,23,26). The molecular weight excluding hydrogens is 406 g/mol. The van der Waals surface area contributed by atoms with Gasteiger partial charge in [-0.15, -0.1) is 0 Å². The topological polar surface area (TPSA) is 138 Å². The Balaban J connectivity index is 1.83. The van der Waals surface area contributed by atoms with Gasteiger partial charge in [0.05, 0.1) is 39.3 Å². The van der Waals surface area contributed by atoms with Crippen LogP contribution in [0.15, 0.2) is 42.9 Å². The Hall–Kier alpha value is -4.15. The van der Waals surface area contributed by atoms with E-state index in [1.807, 2.05) is 0 Å².